The Kier molecular flexibility index (Phi) is 5.97. The van der Waals surface area contributed by atoms with E-state index in [4.69, 9.17) is 4.52 Å². The zero-order valence-corrected chi connectivity index (χ0v) is 18.8. The van der Waals surface area contributed by atoms with Gasteiger partial charge in [0.1, 0.15) is 10.6 Å². The van der Waals surface area contributed by atoms with E-state index in [1.807, 2.05) is 26.0 Å². The lowest BCUT2D eigenvalue weighted by Crippen LogP contribution is -2.41. The van der Waals surface area contributed by atoms with Crippen LogP contribution < -0.4 is 5.32 Å². The molecule has 2 heterocycles. The number of hydrogen-bond donors (Lipinski definition) is 1. The summed E-state index contributed by atoms with van der Waals surface area (Å²) in [6.07, 6.45) is 0.951. The van der Waals surface area contributed by atoms with E-state index in [9.17, 15) is 13.2 Å². The number of carbonyl (C=O) groups is 1. The molecule has 1 aliphatic rings. The molecule has 1 aromatic heterocycles. The Bertz CT molecular complexity index is 966. The number of anilines is 1. The summed E-state index contributed by atoms with van der Waals surface area (Å²) in [4.78, 5) is 12.9. The number of aromatic nitrogens is 1. The van der Waals surface area contributed by atoms with Gasteiger partial charge in [0.15, 0.2) is 5.76 Å². The summed E-state index contributed by atoms with van der Waals surface area (Å²) in [5.74, 6) is 0.0000278. The first-order valence-electron chi connectivity index (χ1n) is 9.12. The van der Waals surface area contributed by atoms with Crippen molar-refractivity contribution in [2.75, 3.05) is 18.4 Å². The Morgan fingerprint density at radius 1 is 1.18 bits per heavy atom. The molecule has 0 unspecified atom stereocenters. The lowest BCUT2D eigenvalue weighted by atomic mass is 9.96. The Morgan fingerprint density at radius 2 is 1.75 bits per heavy atom. The van der Waals surface area contributed by atoms with E-state index in [1.54, 1.807) is 13.8 Å². The summed E-state index contributed by atoms with van der Waals surface area (Å²) in [5.41, 5.74) is 3.15. The van der Waals surface area contributed by atoms with Gasteiger partial charge in [-0.1, -0.05) is 21.1 Å². The molecule has 1 aliphatic heterocycles. The maximum absolute atomic E-state index is 12.9. The van der Waals surface area contributed by atoms with Crippen LogP contribution in [0.15, 0.2) is 26.0 Å². The van der Waals surface area contributed by atoms with Gasteiger partial charge in [-0.15, -0.1) is 0 Å². The molecule has 152 valence electrons. The van der Waals surface area contributed by atoms with E-state index in [2.05, 4.69) is 26.4 Å². The fourth-order valence-electron chi connectivity index (χ4n) is 3.66. The van der Waals surface area contributed by atoms with Crippen LogP contribution in [0.3, 0.4) is 0 Å². The largest absolute Gasteiger partial charge is 0.360 e. The van der Waals surface area contributed by atoms with Crippen molar-refractivity contribution in [2.24, 2.45) is 5.92 Å². The zero-order chi connectivity index (χ0) is 20.6. The number of aryl methyl sites for hydroxylation is 4. The molecule has 1 amide bonds. The first-order valence-corrected chi connectivity index (χ1v) is 11.3. The summed E-state index contributed by atoms with van der Waals surface area (Å²) in [6.45, 7) is 7.70. The second-order valence-electron chi connectivity index (χ2n) is 7.24. The first-order chi connectivity index (χ1) is 13.1. The van der Waals surface area contributed by atoms with Gasteiger partial charge in [0.05, 0.1) is 0 Å². The van der Waals surface area contributed by atoms with Crippen molar-refractivity contribution in [2.45, 2.75) is 45.4 Å². The van der Waals surface area contributed by atoms with Gasteiger partial charge in [-0.05, 0) is 63.8 Å². The number of rotatable bonds is 4. The summed E-state index contributed by atoms with van der Waals surface area (Å²) < 4.78 is 33.2. The second kappa shape index (κ2) is 7.96. The monoisotopic (exact) mass is 469 g/mol. The average Bonchev–Trinajstić information content (AvgIpc) is 2.97. The molecule has 0 bridgehead atoms. The van der Waals surface area contributed by atoms with Gasteiger partial charge in [0.25, 0.3) is 0 Å². The standard InChI is InChI=1S/C19H24BrN3O4S/c1-11-9-16(20)10-12(2)17(11)21-19(24)15-5-7-23(8-6-15)28(25,26)18-13(3)22-27-14(18)4/h9-10,15H,5-8H2,1-4H3,(H,21,24). The Labute approximate surface area is 173 Å². The zero-order valence-electron chi connectivity index (χ0n) is 16.4. The SMILES string of the molecule is Cc1cc(Br)cc(C)c1NC(=O)C1CCN(S(=O)(=O)c2c(C)noc2C)CC1. The van der Waals surface area contributed by atoms with Gasteiger partial charge in [-0.25, -0.2) is 8.42 Å². The van der Waals surface area contributed by atoms with Crippen molar-refractivity contribution < 1.29 is 17.7 Å². The lowest BCUT2D eigenvalue weighted by molar-refractivity contribution is -0.120. The van der Waals surface area contributed by atoms with E-state index >= 15 is 0 Å². The number of nitrogens with one attached hydrogen (secondary N) is 1. The van der Waals surface area contributed by atoms with Crippen molar-refractivity contribution in [1.82, 2.24) is 9.46 Å². The van der Waals surface area contributed by atoms with Crippen LogP contribution in [0.25, 0.3) is 0 Å². The number of piperidine rings is 1. The summed E-state index contributed by atoms with van der Waals surface area (Å²) in [5, 5.41) is 6.76. The highest BCUT2D eigenvalue weighted by Crippen LogP contribution is 2.30. The number of benzene rings is 1. The maximum atomic E-state index is 12.9. The van der Waals surface area contributed by atoms with E-state index in [1.165, 1.54) is 4.31 Å². The minimum atomic E-state index is -3.67. The van der Waals surface area contributed by atoms with Crippen LogP contribution >= 0.6 is 15.9 Å². The third-order valence-corrected chi connectivity index (χ3v) is 7.74. The van der Waals surface area contributed by atoms with Crippen molar-refractivity contribution in [3.05, 3.63) is 39.2 Å². The quantitative estimate of drug-likeness (QED) is 0.736. The molecule has 1 N–H and O–H groups in total. The van der Waals surface area contributed by atoms with Crippen LogP contribution in [-0.2, 0) is 14.8 Å². The number of nitrogens with zero attached hydrogens (tertiary/aromatic N) is 2. The smallest absolute Gasteiger partial charge is 0.248 e. The van der Waals surface area contributed by atoms with Crippen LogP contribution in [0.2, 0.25) is 0 Å². The second-order valence-corrected chi connectivity index (χ2v) is 10.0. The molecule has 7 nitrogen and oxygen atoms in total. The molecule has 1 aromatic carbocycles. The van der Waals surface area contributed by atoms with E-state index in [0.29, 0.717) is 37.4 Å². The van der Waals surface area contributed by atoms with Crippen LogP contribution in [0.5, 0.6) is 0 Å². The summed E-state index contributed by atoms with van der Waals surface area (Å²) >= 11 is 3.46. The van der Waals surface area contributed by atoms with Gasteiger partial charge in [-0.3, -0.25) is 4.79 Å². The number of carbonyl (C=O) groups excluding carboxylic acids is 1. The van der Waals surface area contributed by atoms with Crippen LogP contribution in [0, 0.1) is 33.6 Å². The predicted octanol–water partition coefficient (Wildman–Crippen LogP) is 3.71. The molecule has 28 heavy (non-hydrogen) atoms. The van der Waals surface area contributed by atoms with E-state index in [0.717, 1.165) is 21.3 Å². The molecular formula is C19H24BrN3O4S. The number of halogens is 1. The number of amides is 1. The van der Waals surface area contributed by atoms with Crippen molar-refractivity contribution in [1.29, 1.82) is 0 Å². The minimum Gasteiger partial charge on any atom is -0.360 e. The van der Waals surface area contributed by atoms with Crippen LogP contribution in [0.1, 0.15) is 35.4 Å². The lowest BCUT2D eigenvalue weighted by Gasteiger charge is -2.30. The van der Waals surface area contributed by atoms with E-state index < -0.39 is 10.0 Å². The number of hydrogen-bond acceptors (Lipinski definition) is 5. The fraction of sp³-hybridized carbons (Fsp3) is 0.474. The molecular weight excluding hydrogens is 446 g/mol. The minimum absolute atomic E-state index is 0.0668. The summed E-state index contributed by atoms with van der Waals surface area (Å²) in [6, 6.07) is 3.92. The molecule has 9 heteroatoms. The van der Waals surface area contributed by atoms with Gasteiger partial charge >= 0.3 is 0 Å². The fourth-order valence-corrected chi connectivity index (χ4v) is 6.11. The van der Waals surface area contributed by atoms with Gasteiger partial charge < -0.3 is 9.84 Å². The van der Waals surface area contributed by atoms with Crippen LogP contribution in [-0.4, -0.2) is 36.9 Å². The molecule has 0 aliphatic carbocycles. The molecule has 0 spiro atoms. The average molecular weight is 470 g/mol. The Morgan fingerprint density at radius 3 is 2.25 bits per heavy atom. The van der Waals surface area contributed by atoms with Crippen LogP contribution in [0.4, 0.5) is 5.69 Å². The molecule has 2 aromatic rings. The Hall–Kier alpha value is -1.71. The molecule has 3 rings (SSSR count). The third-order valence-electron chi connectivity index (χ3n) is 5.14. The van der Waals surface area contributed by atoms with Gasteiger partial charge in [0, 0.05) is 29.2 Å². The van der Waals surface area contributed by atoms with Gasteiger partial charge in [0.2, 0.25) is 15.9 Å². The molecule has 0 saturated carbocycles. The topological polar surface area (TPSA) is 92.5 Å². The highest BCUT2D eigenvalue weighted by atomic mass is 79.9. The Balaban J connectivity index is 1.68. The highest BCUT2D eigenvalue weighted by Gasteiger charge is 2.35. The maximum Gasteiger partial charge on any atom is 0.248 e. The van der Waals surface area contributed by atoms with E-state index in [-0.39, 0.29) is 16.7 Å². The molecule has 1 saturated heterocycles. The third kappa shape index (κ3) is 4.01. The van der Waals surface area contributed by atoms with Gasteiger partial charge in [-0.2, -0.15) is 4.31 Å². The predicted molar refractivity (Wildman–Crippen MR) is 110 cm³/mol. The van der Waals surface area contributed by atoms with Crippen molar-refractivity contribution >= 4 is 37.5 Å². The molecule has 0 radical (unpaired) electrons. The normalized spacial score (nSPS) is 16.3. The summed E-state index contributed by atoms with van der Waals surface area (Å²) in [7, 11) is -3.67. The highest BCUT2D eigenvalue weighted by molar-refractivity contribution is 9.10. The van der Waals surface area contributed by atoms with Crippen molar-refractivity contribution in [3.8, 4) is 0 Å². The number of sulfonamides is 1. The molecule has 0 atom stereocenters. The van der Waals surface area contributed by atoms with Crippen molar-refractivity contribution in [3.63, 3.8) is 0 Å². The molecule has 1 fully saturated rings. The first kappa shape index (κ1) is 21.0.